The van der Waals surface area contributed by atoms with Gasteiger partial charge in [0, 0.05) is 17.3 Å². The van der Waals surface area contributed by atoms with E-state index in [4.69, 9.17) is 21.1 Å². The molecule has 0 unspecified atom stereocenters. The molecule has 2 amide bonds. The number of aromatic nitrogens is 7. The van der Waals surface area contributed by atoms with Gasteiger partial charge in [-0.2, -0.15) is 23.1 Å². The van der Waals surface area contributed by atoms with Crippen molar-refractivity contribution in [2.24, 2.45) is 0 Å². The normalized spacial score (nSPS) is 14.2. The van der Waals surface area contributed by atoms with E-state index in [1.54, 1.807) is 25.1 Å². The van der Waals surface area contributed by atoms with Crippen molar-refractivity contribution in [3.63, 3.8) is 0 Å². The van der Waals surface area contributed by atoms with Gasteiger partial charge in [0.1, 0.15) is 12.2 Å². The van der Waals surface area contributed by atoms with Gasteiger partial charge < -0.3 is 20.1 Å². The minimum absolute atomic E-state index is 0.0788. The Labute approximate surface area is 253 Å². The Morgan fingerprint density at radius 2 is 1.82 bits per heavy atom. The van der Waals surface area contributed by atoms with Gasteiger partial charge in [-0.05, 0) is 68.8 Å². The molecule has 17 heteroatoms. The monoisotopic (exact) mass is 633 g/mol. The van der Waals surface area contributed by atoms with Crippen molar-refractivity contribution in [3.05, 3.63) is 75.5 Å². The number of amides is 2. The van der Waals surface area contributed by atoms with Crippen LogP contribution in [0, 0.1) is 6.92 Å². The first-order chi connectivity index (χ1) is 20.7. The largest absolute Gasteiger partial charge is 0.455 e. The highest BCUT2D eigenvalue weighted by Crippen LogP contribution is 2.31. The maximum absolute atomic E-state index is 13.9. The molecule has 232 valence electrons. The van der Waals surface area contributed by atoms with Gasteiger partial charge in [-0.1, -0.05) is 11.6 Å². The third-order valence-electron chi connectivity index (χ3n) is 6.17. The van der Waals surface area contributed by atoms with E-state index in [1.807, 2.05) is 20.8 Å². The molecule has 1 aromatic carbocycles. The van der Waals surface area contributed by atoms with E-state index >= 15 is 0 Å². The highest BCUT2D eigenvalue weighted by atomic mass is 35.5. The molecule has 2 N–H and O–H groups in total. The number of hydrogen-bond donors (Lipinski definition) is 2. The number of carbonyl (C=O) groups excluding carboxylic acids is 2. The number of tetrazole rings is 1. The van der Waals surface area contributed by atoms with Gasteiger partial charge in [0.05, 0.1) is 35.2 Å². The molecule has 3 aromatic heterocycles. The van der Waals surface area contributed by atoms with Crippen molar-refractivity contribution >= 4 is 29.1 Å². The predicted octanol–water partition coefficient (Wildman–Crippen LogP) is 4.11. The molecule has 0 saturated carbocycles. The zero-order chi connectivity index (χ0) is 31.8. The average molecular weight is 634 g/mol. The third kappa shape index (κ3) is 6.87. The molecule has 1 aliphatic heterocycles. The molecule has 4 aromatic rings. The first-order valence-corrected chi connectivity index (χ1v) is 13.6. The summed E-state index contributed by atoms with van der Waals surface area (Å²) < 4.78 is 51.4. The Morgan fingerprint density at radius 3 is 2.45 bits per heavy atom. The molecule has 5 rings (SSSR count). The number of alkyl halides is 3. The number of pyridine rings is 1. The van der Waals surface area contributed by atoms with Crippen molar-refractivity contribution in [2.75, 3.05) is 18.5 Å². The molecular weight excluding hydrogens is 607 g/mol. The molecule has 0 spiro atoms. The second-order valence-electron chi connectivity index (χ2n) is 10.9. The van der Waals surface area contributed by atoms with Gasteiger partial charge in [0.15, 0.2) is 12.1 Å². The first-order valence-electron chi connectivity index (χ1n) is 13.3. The molecule has 44 heavy (non-hydrogen) atoms. The lowest BCUT2D eigenvalue weighted by Crippen LogP contribution is -2.41. The molecule has 1 aliphatic rings. The lowest BCUT2D eigenvalue weighted by molar-refractivity contribution is -0.145. The Bertz CT molecular complexity index is 1710. The summed E-state index contributed by atoms with van der Waals surface area (Å²) in [7, 11) is 0. The Balaban J connectivity index is 1.54. The smallest absolute Gasteiger partial charge is 0.347 e. The van der Waals surface area contributed by atoms with E-state index in [9.17, 15) is 22.8 Å². The fourth-order valence-corrected chi connectivity index (χ4v) is 4.57. The van der Waals surface area contributed by atoms with Crippen LogP contribution in [-0.2, 0) is 22.2 Å². The van der Waals surface area contributed by atoms with Crippen molar-refractivity contribution < 1.29 is 32.2 Å². The van der Waals surface area contributed by atoms with E-state index in [2.05, 4.69) is 36.1 Å². The van der Waals surface area contributed by atoms with Gasteiger partial charge in [0.25, 0.3) is 17.6 Å². The summed E-state index contributed by atoms with van der Waals surface area (Å²) in [5, 5.41) is 20.0. The van der Waals surface area contributed by atoms with Crippen LogP contribution in [-0.4, -0.2) is 65.5 Å². The number of halogens is 4. The maximum Gasteiger partial charge on any atom is 0.455 e. The van der Waals surface area contributed by atoms with Crippen LogP contribution in [0.15, 0.2) is 36.5 Å². The summed E-state index contributed by atoms with van der Waals surface area (Å²) in [6.07, 6.45) is -4.02. The van der Waals surface area contributed by atoms with Crippen LogP contribution < -0.4 is 10.6 Å². The lowest BCUT2D eigenvalue weighted by Gasteiger charge is -2.23. The summed E-state index contributed by atoms with van der Waals surface area (Å²) in [5.41, 5.74) is 0.962. The van der Waals surface area contributed by atoms with E-state index in [0.717, 1.165) is 4.68 Å². The van der Waals surface area contributed by atoms with Gasteiger partial charge in [-0.3, -0.25) is 9.59 Å². The number of aryl methyl sites for hydroxylation is 1. The van der Waals surface area contributed by atoms with Crippen molar-refractivity contribution in [1.82, 2.24) is 40.3 Å². The second kappa shape index (κ2) is 11.9. The number of benzene rings is 1. The second-order valence-corrected chi connectivity index (χ2v) is 11.3. The van der Waals surface area contributed by atoms with Gasteiger partial charge in [-0.15, -0.1) is 10.2 Å². The van der Waals surface area contributed by atoms with Crippen LogP contribution in [0.25, 0.3) is 5.82 Å². The number of carbonyl (C=O) groups is 2. The number of nitrogens with one attached hydrogen (secondary N) is 2. The van der Waals surface area contributed by atoms with Gasteiger partial charge >= 0.3 is 6.18 Å². The lowest BCUT2D eigenvalue weighted by atomic mass is 10.0. The van der Waals surface area contributed by atoms with Crippen molar-refractivity contribution in [1.29, 1.82) is 0 Å². The molecule has 0 bridgehead atoms. The molecule has 4 heterocycles. The fourth-order valence-electron chi connectivity index (χ4n) is 4.36. The Hall–Kier alpha value is -4.41. The molecule has 13 nitrogen and oxygen atoms in total. The Kier molecular flexibility index (Phi) is 8.42. The van der Waals surface area contributed by atoms with Crippen LogP contribution in [0.4, 0.5) is 18.9 Å². The number of ether oxygens (including phenoxy) is 2. The van der Waals surface area contributed by atoms with Gasteiger partial charge in [-0.25, -0.2) is 9.67 Å². The summed E-state index contributed by atoms with van der Waals surface area (Å²) in [6.45, 7) is 7.62. The summed E-state index contributed by atoms with van der Waals surface area (Å²) >= 11 is 6.36. The first kappa shape index (κ1) is 31.0. The van der Waals surface area contributed by atoms with Crippen LogP contribution in [0.1, 0.15) is 70.6 Å². The quantitative estimate of drug-likeness (QED) is 0.306. The van der Waals surface area contributed by atoms with Crippen molar-refractivity contribution in [2.45, 2.75) is 52.2 Å². The van der Waals surface area contributed by atoms with E-state index in [0.29, 0.717) is 29.1 Å². The SMILES string of the molecule is Cc1cc(C2OCCO2)cc(C(=O)NC(C)(C)C)c1NC(=O)c1cc(Cn2nnc(C(F)(F)F)n2)nn1-c1ncccc1Cl. The minimum atomic E-state index is -4.79. The summed E-state index contributed by atoms with van der Waals surface area (Å²) in [5.74, 6) is -2.49. The highest BCUT2D eigenvalue weighted by Gasteiger charge is 2.37. The topological polar surface area (TPSA) is 151 Å². The zero-order valence-corrected chi connectivity index (χ0v) is 24.7. The Morgan fingerprint density at radius 1 is 1.09 bits per heavy atom. The van der Waals surface area contributed by atoms with E-state index in [1.165, 1.54) is 18.3 Å². The van der Waals surface area contributed by atoms with E-state index in [-0.39, 0.29) is 40.0 Å². The minimum Gasteiger partial charge on any atom is -0.347 e. The van der Waals surface area contributed by atoms with Crippen molar-refractivity contribution in [3.8, 4) is 5.82 Å². The average Bonchev–Trinajstić information content (AvgIpc) is 3.70. The van der Waals surface area contributed by atoms with Crippen LogP contribution >= 0.6 is 11.6 Å². The standard InChI is InChI=1S/C27H27ClF3N9O4/c1-14-10-15(24-43-8-9-44-24)11-17(22(41)34-26(2,3)4)20(14)33-23(42)19-12-16(13-39-37-25(35-38-39)27(29,30)31)36-40(19)21-18(28)6-5-7-32-21/h5-7,10-12,24H,8-9,13H2,1-4H3,(H,33,42)(H,34,41). The molecule has 0 aliphatic carbocycles. The highest BCUT2D eigenvalue weighted by molar-refractivity contribution is 6.32. The molecular formula is C27H27ClF3N9O4. The summed E-state index contributed by atoms with van der Waals surface area (Å²) in [4.78, 5) is 32.2. The van der Waals surface area contributed by atoms with Crippen LogP contribution in [0.5, 0.6) is 0 Å². The van der Waals surface area contributed by atoms with Crippen LogP contribution in [0.3, 0.4) is 0 Å². The number of rotatable bonds is 7. The molecule has 1 fully saturated rings. The number of hydrogen-bond acceptors (Lipinski definition) is 9. The fraction of sp³-hybridized carbons (Fsp3) is 0.370. The summed E-state index contributed by atoms with van der Waals surface area (Å²) in [6, 6.07) is 7.78. The van der Waals surface area contributed by atoms with E-state index < -0.39 is 35.6 Å². The third-order valence-corrected chi connectivity index (χ3v) is 6.46. The molecule has 0 atom stereocenters. The number of nitrogens with zero attached hydrogens (tertiary/aromatic N) is 7. The van der Waals surface area contributed by atoms with Crippen LogP contribution in [0.2, 0.25) is 5.02 Å². The number of anilines is 1. The molecule has 0 radical (unpaired) electrons. The van der Waals surface area contributed by atoms with Gasteiger partial charge in [0.2, 0.25) is 0 Å². The molecule has 1 saturated heterocycles. The zero-order valence-electron chi connectivity index (χ0n) is 23.9. The maximum atomic E-state index is 13.9. The predicted molar refractivity (Wildman–Crippen MR) is 149 cm³/mol.